The number of halogens is 1. The number of hydrogen-bond acceptors (Lipinski definition) is 6. The molecule has 0 spiro atoms. The maximum absolute atomic E-state index is 11.8. The van der Waals surface area contributed by atoms with Gasteiger partial charge in [0.05, 0.1) is 19.1 Å². The third-order valence-electron chi connectivity index (χ3n) is 3.28. The van der Waals surface area contributed by atoms with E-state index >= 15 is 0 Å². The normalized spacial score (nSPS) is 10.6. The minimum atomic E-state index is -0.447. The Morgan fingerprint density at radius 3 is 2.52 bits per heavy atom. The molecule has 0 aliphatic heterocycles. The number of carbonyl (C=O) groups excluding carboxylic acids is 2. The Hall–Kier alpha value is -2.51. The van der Waals surface area contributed by atoms with E-state index in [1.807, 2.05) is 24.3 Å². The summed E-state index contributed by atoms with van der Waals surface area (Å²) >= 11 is 7.33. The molecule has 6 nitrogen and oxygen atoms in total. The standard InChI is InChI=1S/C19H19ClN2O4S/c1-25-19(24)11-26-17-8-4-14(5-9-17)10-21-22-18(23)13-27-12-15-2-6-16(20)7-3-15/h2-10H,11-13H2,1H3,(H,22,23)/b21-10-. The number of hydrogen-bond donors (Lipinski definition) is 1. The molecule has 8 heteroatoms. The zero-order valence-electron chi connectivity index (χ0n) is 14.7. The van der Waals surface area contributed by atoms with E-state index in [4.69, 9.17) is 16.3 Å². The zero-order chi connectivity index (χ0) is 19.5. The van der Waals surface area contributed by atoms with E-state index in [0.29, 0.717) is 16.5 Å². The summed E-state index contributed by atoms with van der Waals surface area (Å²) in [6.45, 7) is -0.145. The number of benzene rings is 2. The van der Waals surface area contributed by atoms with Crippen LogP contribution < -0.4 is 10.2 Å². The molecule has 0 atom stereocenters. The van der Waals surface area contributed by atoms with Gasteiger partial charge in [0.2, 0.25) is 5.91 Å². The molecule has 0 saturated heterocycles. The van der Waals surface area contributed by atoms with Gasteiger partial charge in [-0.1, -0.05) is 23.7 Å². The van der Waals surface area contributed by atoms with E-state index < -0.39 is 5.97 Å². The average molecular weight is 407 g/mol. The molecule has 0 aromatic heterocycles. The lowest BCUT2D eigenvalue weighted by molar-refractivity contribution is -0.142. The summed E-state index contributed by atoms with van der Waals surface area (Å²) < 4.78 is 9.74. The molecule has 142 valence electrons. The van der Waals surface area contributed by atoms with Gasteiger partial charge in [0.1, 0.15) is 5.75 Å². The molecule has 1 N–H and O–H groups in total. The van der Waals surface area contributed by atoms with Gasteiger partial charge >= 0.3 is 5.97 Å². The maximum Gasteiger partial charge on any atom is 0.343 e. The molecule has 0 unspecified atom stereocenters. The molecule has 0 radical (unpaired) electrons. The highest BCUT2D eigenvalue weighted by Crippen LogP contribution is 2.15. The Labute approximate surface area is 166 Å². The van der Waals surface area contributed by atoms with Crippen molar-refractivity contribution in [3.8, 4) is 5.75 Å². The van der Waals surface area contributed by atoms with Crippen LogP contribution in [0.3, 0.4) is 0 Å². The number of rotatable bonds is 9. The van der Waals surface area contributed by atoms with Gasteiger partial charge in [-0.15, -0.1) is 11.8 Å². The second-order valence-electron chi connectivity index (χ2n) is 5.35. The minimum absolute atomic E-state index is 0.145. The number of amides is 1. The monoisotopic (exact) mass is 406 g/mol. The van der Waals surface area contributed by atoms with Crippen LogP contribution in [-0.4, -0.2) is 37.6 Å². The Kier molecular flexibility index (Phi) is 8.67. The van der Waals surface area contributed by atoms with Crippen LogP contribution in [0.25, 0.3) is 0 Å². The number of methoxy groups -OCH3 is 1. The average Bonchev–Trinajstić information content (AvgIpc) is 2.68. The van der Waals surface area contributed by atoms with Crippen LogP contribution in [0, 0.1) is 0 Å². The number of hydrazone groups is 1. The summed E-state index contributed by atoms with van der Waals surface area (Å²) in [7, 11) is 1.30. The molecular formula is C19H19ClN2O4S. The van der Waals surface area contributed by atoms with Crippen LogP contribution in [0.15, 0.2) is 53.6 Å². The SMILES string of the molecule is COC(=O)COc1ccc(/C=N\NC(=O)CSCc2ccc(Cl)cc2)cc1. The number of ether oxygens (including phenoxy) is 2. The Morgan fingerprint density at radius 1 is 1.15 bits per heavy atom. The molecule has 0 aliphatic rings. The van der Waals surface area contributed by atoms with E-state index in [-0.39, 0.29) is 12.5 Å². The summed E-state index contributed by atoms with van der Waals surface area (Å²) in [4.78, 5) is 22.8. The van der Waals surface area contributed by atoms with E-state index in [9.17, 15) is 9.59 Å². The van der Waals surface area contributed by atoms with Crippen LogP contribution >= 0.6 is 23.4 Å². The number of esters is 1. The highest BCUT2D eigenvalue weighted by molar-refractivity contribution is 7.99. The summed E-state index contributed by atoms with van der Waals surface area (Å²) in [6.07, 6.45) is 1.53. The minimum Gasteiger partial charge on any atom is -0.482 e. The molecule has 2 rings (SSSR count). The van der Waals surface area contributed by atoms with Crippen molar-refractivity contribution in [3.05, 3.63) is 64.7 Å². The van der Waals surface area contributed by atoms with Crippen molar-refractivity contribution < 1.29 is 19.1 Å². The Bertz CT molecular complexity index is 779. The molecular weight excluding hydrogens is 388 g/mol. The van der Waals surface area contributed by atoms with Crippen molar-refractivity contribution in [2.24, 2.45) is 5.10 Å². The molecule has 27 heavy (non-hydrogen) atoms. The van der Waals surface area contributed by atoms with Gasteiger partial charge in [0.15, 0.2) is 6.61 Å². The zero-order valence-corrected chi connectivity index (χ0v) is 16.3. The highest BCUT2D eigenvalue weighted by atomic mass is 35.5. The third-order valence-corrected chi connectivity index (χ3v) is 4.54. The number of nitrogens with one attached hydrogen (secondary N) is 1. The van der Waals surface area contributed by atoms with E-state index in [1.165, 1.54) is 25.1 Å². The van der Waals surface area contributed by atoms with Crippen LogP contribution in [0.4, 0.5) is 0 Å². The van der Waals surface area contributed by atoms with Gasteiger partial charge in [-0.05, 0) is 47.5 Å². The van der Waals surface area contributed by atoms with Gasteiger partial charge < -0.3 is 9.47 Å². The first-order valence-electron chi connectivity index (χ1n) is 8.00. The van der Waals surface area contributed by atoms with Gasteiger partial charge in [-0.25, -0.2) is 10.2 Å². The quantitative estimate of drug-likeness (QED) is 0.393. The van der Waals surface area contributed by atoms with Crippen LogP contribution in [0.1, 0.15) is 11.1 Å². The van der Waals surface area contributed by atoms with Crippen LogP contribution in [0.2, 0.25) is 5.02 Å². The molecule has 0 aliphatic carbocycles. The third kappa shape index (κ3) is 8.15. The molecule has 1 amide bonds. The van der Waals surface area contributed by atoms with Gasteiger partial charge in [0.25, 0.3) is 0 Å². The van der Waals surface area contributed by atoms with Crippen molar-refractivity contribution in [3.63, 3.8) is 0 Å². The fourth-order valence-electron chi connectivity index (χ4n) is 1.90. The Balaban J connectivity index is 1.68. The summed E-state index contributed by atoms with van der Waals surface area (Å²) in [5.41, 5.74) is 4.38. The Morgan fingerprint density at radius 2 is 1.85 bits per heavy atom. The van der Waals surface area contributed by atoms with E-state index in [0.717, 1.165) is 16.9 Å². The predicted octanol–water partition coefficient (Wildman–Crippen LogP) is 3.28. The molecule has 0 bridgehead atoms. The first-order valence-corrected chi connectivity index (χ1v) is 9.54. The second kappa shape index (κ2) is 11.3. The largest absolute Gasteiger partial charge is 0.482 e. The lowest BCUT2D eigenvalue weighted by Gasteiger charge is -2.04. The molecule has 0 saturated carbocycles. The fraction of sp³-hybridized carbons (Fsp3) is 0.211. The number of nitrogens with zero attached hydrogens (tertiary/aromatic N) is 1. The van der Waals surface area contributed by atoms with Crippen molar-refractivity contribution in [2.75, 3.05) is 19.5 Å². The smallest absolute Gasteiger partial charge is 0.343 e. The summed E-state index contributed by atoms with van der Waals surface area (Å²) in [5.74, 6) is 0.947. The van der Waals surface area contributed by atoms with Crippen LogP contribution in [0.5, 0.6) is 5.75 Å². The molecule has 0 fully saturated rings. The first kappa shape index (κ1) is 20.8. The fourth-order valence-corrected chi connectivity index (χ4v) is 2.81. The van der Waals surface area contributed by atoms with Crippen molar-refractivity contribution in [1.82, 2.24) is 5.43 Å². The van der Waals surface area contributed by atoms with Crippen molar-refractivity contribution >= 4 is 41.5 Å². The topological polar surface area (TPSA) is 77.0 Å². The lowest BCUT2D eigenvalue weighted by atomic mass is 10.2. The van der Waals surface area contributed by atoms with E-state index in [1.54, 1.807) is 24.3 Å². The number of thioether (sulfide) groups is 1. The first-order chi connectivity index (χ1) is 13.1. The molecule has 2 aromatic rings. The van der Waals surface area contributed by atoms with Crippen molar-refractivity contribution in [2.45, 2.75) is 5.75 Å². The highest BCUT2D eigenvalue weighted by Gasteiger charge is 2.02. The van der Waals surface area contributed by atoms with Gasteiger partial charge in [-0.3, -0.25) is 4.79 Å². The predicted molar refractivity (Wildman–Crippen MR) is 107 cm³/mol. The maximum atomic E-state index is 11.8. The van der Waals surface area contributed by atoms with Gasteiger partial charge in [-0.2, -0.15) is 5.10 Å². The van der Waals surface area contributed by atoms with E-state index in [2.05, 4.69) is 15.3 Å². The number of carbonyl (C=O) groups is 2. The summed E-state index contributed by atoms with van der Waals surface area (Å²) in [6, 6.07) is 14.5. The summed E-state index contributed by atoms with van der Waals surface area (Å²) in [5, 5.41) is 4.62. The van der Waals surface area contributed by atoms with Crippen molar-refractivity contribution in [1.29, 1.82) is 0 Å². The second-order valence-corrected chi connectivity index (χ2v) is 6.77. The lowest BCUT2D eigenvalue weighted by Crippen LogP contribution is -2.19. The molecule has 0 heterocycles. The van der Waals surface area contributed by atoms with Gasteiger partial charge in [0, 0.05) is 10.8 Å². The van der Waals surface area contributed by atoms with Crippen LogP contribution in [-0.2, 0) is 20.1 Å². The molecule has 2 aromatic carbocycles.